The Morgan fingerprint density at radius 1 is 0.912 bits per heavy atom. The lowest BCUT2D eigenvalue weighted by molar-refractivity contribution is -0.137. The van der Waals surface area contributed by atoms with Gasteiger partial charge in [0.05, 0.1) is 5.69 Å². The highest BCUT2D eigenvalue weighted by Gasteiger charge is 2.44. The molecule has 2 aromatic rings. The van der Waals surface area contributed by atoms with Gasteiger partial charge in [0.2, 0.25) is 11.8 Å². The van der Waals surface area contributed by atoms with Crippen molar-refractivity contribution in [3.05, 3.63) is 42.5 Å². The summed E-state index contributed by atoms with van der Waals surface area (Å²) in [6.45, 7) is 8.06. The molecule has 3 aliphatic rings. The average Bonchev–Trinajstić information content (AvgIpc) is 3.17. The van der Waals surface area contributed by atoms with Crippen molar-refractivity contribution in [3.8, 4) is 0 Å². The van der Waals surface area contributed by atoms with Crippen molar-refractivity contribution in [2.24, 2.45) is 11.8 Å². The van der Waals surface area contributed by atoms with Crippen LogP contribution in [-0.4, -0.2) is 65.5 Å². The first kappa shape index (κ1) is 22.7. The smallest absolute Gasteiger partial charge is 0.410 e. The maximum absolute atomic E-state index is 13.7. The molecule has 2 bridgehead atoms. The predicted molar refractivity (Wildman–Crippen MR) is 130 cm³/mol. The van der Waals surface area contributed by atoms with E-state index in [2.05, 4.69) is 0 Å². The summed E-state index contributed by atoms with van der Waals surface area (Å²) in [5, 5.41) is 2.04. The van der Waals surface area contributed by atoms with E-state index in [9.17, 15) is 14.4 Å². The molecule has 0 spiro atoms. The second kappa shape index (κ2) is 8.60. The molecule has 0 saturated carbocycles. The second-order valence-corrected chi connectivity index (χ2v) is 10.9. The van der Waals surface area contributed by atoms with Crippen LogP contribution in [0.15, 0.2) is 42.5 Å². The van der Waals surface area contributed by atoms with E-state index in [0.29, 0.717) is 39.0 Å². The Kier molecular flexibility index (Phi) is 5.74. The van der Waals surface area contributed by atoms with E-state index in [1.807, 2.05) is 68.1 Å². The number of amides is 3. The van der Waals surface area contributed by atoms with E-state index < -0.39 is 11.6 Å². The molecule has 3 atom stereocenters. The van der Waals surface area contributed by atoms with E-state index >= 15 is 0 Å². The lowest BCUT2D eigenvalue weighted by atomic mass is 9.84. The summed E-state index contributed by atoms with van der Waals surface area (Å²) in [6.07, 6.45) is 1.66. The molecule has 5 rings (SSSR count). The Hall–Kier alpha value is -3.09. The molecule has 3 fully saturated rings. The highest BCUT2D eigenvalue weighted by Crippen LogP contribution is 2.35. The molecule has 0 aromatic heterocycles. The largest absolute Gasteiger partial charge is 0.444 e. The summed E-state index contributed by atoms with van der Waals surface area (Å²) < 4.78 is 5.57. The number of likely N-dealkylation sites (tertiary alicyclic amines) is 2. The van der Waals surface area contributed by atoms with Crippen molar-refractivity contribution in [2.75, 3.05) is 31.1 Å². The van der Waals surface area contributed by atoms with E-state index in [0.717, 1.165) is 22.9 Å². The molecule has 2 unspecified atom stereocenters. The van der Waals surface area contributed by atoms with Crippen molar-refractivity contribution in [1.82, 2.24) is 9.80 Å². The SMILES string of the molecule is CC(C)(C)OC(=O)N1CC2CC(C1)CN(C(=O)[C@@H]1CCC(=O)N1c1cccc3ccccc13)C2. The molecule has 0 radical (unpaired) electrons. The summed E-state index contributed by atoms with van der Waals surface area (Å²) >= 11 is 0. The third-order valence-corrected chi connectivity index (χ3v) is 7.07. The Labute approximate surface area is 200 Å². The minimum atomic E-state index is -0.522. The molecular formula is C27H33N3O4. The molecule has 7 nitrogen and oxygen atoms in total. The molecule has 0 aliphatic carbocycles. The fourth-order valence-corrected chi connectivity index (χ4v) is 5.79. The third-order valence-electron chi connectivity index (χ3n) is 7.07. The van der Waals surface area contributed by atoms with E-state index in [1.165, 1.54) is 0 Å². The monoisotopic (exact) mass is 463 g/mol. The zero-order chi connectivity index (χ0) is 24.0. The molecular weight excluding hydrogens is 430 g/mol. The first-order valence-electron chi connectivity index (χ1n) is 12.3. The van der Waals surface area contributed by atoms with E-state index in [1.54, 1.807) is 9.80 Å². The summed E-state index contributed by atoms with van der Waals surface area (Å²) in [7, 11) is 0. The Balaban J connectivity index is 1.32. The lowest BCUT2D eigenvalue weighted by Crippen LogP contribution is -2.58. The highest BCUT2D eigenvalue weighted by atomic mass is 16.6. The summed E-state index contributed by atoms with van der Waals surface area (Å²) in [5.41, 5.74) is 0.290. The maximum Gasteiger partial charge on any atom is 0.410 e. The van der Waals surface area contributed by atoms with Gasteiger partial charge in [-0.15, -0.1) is 0 Å². The standard InChI is InChI=1S/C27H33N3O4/c1-27(2,3)34-26(33)29-16-18-13-19(17-29)15-28(14-18)25(32)23-11-12-24(31)30(23)22-10-6-8-20-7-4-5-9-21(20)22/h4-10,18-19,23H,11-17H2,1-3H3/t18?,19?,23-/m0/s1. The van der Waals surface area contributed by atoms with Crippen LogP contribution in [0.3, 0.4) is 0 Å². The molecule has 3 heterocycles. The molecule has 180 valence electrons. The van der Waals surface area contributed by atoms with Gasteiger partial charge in [0.1, 0.15) is 11.6 Å². The number of nitrogens with zero attached hydrogens (tertiary/aromatic N) is 3. The van der Waals surface area contributed by atoms with Crippen LogP contribution < -0.4 is 4.90 Å². The molecule has 7 heteroatoms. The minimum absolute atomic E-state index is 0.00278. The van der Waals surface area contributed by atoms with Crippen molar-refractivity contribution in [2.45, 2.75) is 51.7 Å². The number of piperidine rings is 2. The quantitative estimate of drug-likeness (QED) is 0.674. The number of ether oxygens (including phenoxy) is 1. The van der Waals surface area contributed by atoms with Crippen LogP contribution in [0.5, 0.6) is 0 Å². The maximum atomic E-state index is 13.7. The number of benzene rings is 2. The third kappa shape index (κ3) is 4.36. The number of fused-ring (bicyclic) bond motifs is 3. The van der Waals surface area contributed by atoms with E-state index in [4.69, 9.17) is 4.74 Å². The van der Waals surface area contributed by atoms with Gasteiger partial charge in [0.15, 0.2) is 0 Å². The second-order valence-electron chi connectivity index (χ2n) is 10.9. The first-order valence-corrected chi connectivity index (χ1v) is 12.3. The van der Waals surface area contributed by atoms with Crippen molar-refractivity contribution >= 4 is 34.4 Å². The Bertz CT molecular complexity index is 1110. The zero-order valence-corrected chi connectivity index (χ0v) is 20.2. The molecule has 3 aliphatic heterocycles. The number of carbonyl (C=O) groups is 3. The molecule has 34 heavy (non-hydrogen) atoms. The van der Waals surface area contributed by atoms with Gasteiger partial charge in [0, 0.05) is 38.0 Å². The van der Waals surface area contributed by atoms with Crippen LogP contribution in [0.2, 0.25) is 0 Å². The van der Waals surface area contributed by atoms with Gasteiger partial charge in [-0.1, -0.05) is 36.4 Å². The summed E-state index contributed by atoms with van der Waals surface area (Å²) in [6, 6.07) is 13.4. The summed E-state index contributed by atoms with van der Waals surface area (Å²) in [5.74, 6) is 0.487. The number of hydrogen-bond acceptors (Lipinski definition) is 4. The molecule has 3 saturated heterocycles. The van der Waals surface area contributed by atoms with Crippen molar-refractivity contribution in [3.63, 3.8) is 0 Å². The van der Waals surface area contributed by atoms with E-state index in [-0.39, 0.29) is 29.7 Å². The van der Waals surface area contributed by atoms with Crippen LogP contribution in [0.4, 0.5) is 10.5 Å². The fourth-order valence-electron chi connectivity index (χ4n) is 5.79. The number of rotatable bonds is 2. The summed E-state index contributed by atoms with van der Waals surface area (Å²) in [4.78, 5) is 44.7. The number of carbonyl (C=O) groups excluding carboxylic acids is 3. The van der Waals surface area contributed by atoms with Crippen molar-refractivity contribution < 1.29 is 19.1 Å². The lowest BCUT2D eigenvalue weighted by Gasteiger charge is -2.46. The number of anilines is 1. The van der Waals surface area contributed by atoms with Gasteiger partial charge >= 0.3 is 6.09 Å². The first-order chi connectivity index (χ1) is 16.2. The van der Waals surface area contributed by atoms with Crippen LogP contribution in [-0.2, 0) is 14.3 Å². The van der Waals surface area contributed by atoms with Crippen LogP contribution in [0.25, 0.3) is 10.8 Å². The average molecular weight is 464 g/mol. The molecule has 3 amide bonds. The highest BCUT2D eigenvalue weighted by molar-refractivity contribution is 6.09. The Morgan fingerprint density at radius 3 is 2.26 bits per heavy atom. The van der Waals surface area contributed by atoms with Gasteiger partial charge in [-0.05, 0) is 56.9 Å². The van der Waals surface area contributed by atoms with Crippen LogP contribution in [0.1, 0.15) is 40.0 Å². The fraction of sp³-hybridized carbons (Fsp3) is 0.519. The minimum Gasteiger partial charge on any atom is -0.444 e. The van der Waals surface area contributed by atoms with Gasteiger partial charge in [-0.3, -0.25) is 14.5 Å². The van der Waals surface area contributed by atoms with Crippen LogP contribution in [0, 0.1) is 11.8 Å². The van der Waals surface area contributed by atoms with Crippen molar-refractivity contribution in [1.29, 1.82) is 0 Å². The van der Waals surface area contributed by atoms with Gasteiger partial charge in [-0.25, -0.2) is 4.79 Å². The topological polar surface area (TPSA) is 70.2 Å². The van der Waals surface area contributed by atoms with Gasteiger partial charge in [-0.2, -0.15) is 0 Å². The van der Waals surface area contributed by atoms with Gasteiger partial charge in [0.25, 0.3) is 0 Å². The molecule has 2 aromatic carbocycles. The van der Waals surface area contributed by atoms with Crippen LogP contribution >= 0.6 is 0 Å². The number of hydrogen-bond donors (Lipinski definition) is 0. The normalized spacial score (nSPS) is 25.1. The predicted octanol–water partition coefficient (Wildman–Crippen LogP) is 4.05. The zero-order valence-electron chi connectivity index (χ0n) is 20.2. The Morgan fingerprint density at radius 2 is 1.56 bits per heavy atom. The van der Waals surface area contributed by atoms with Gasteiger partial charge < -0.3 is 14.5 Å². The molecule has 0 N–H and O–H groups in total.